The van der Waals surface area contributed by atoms with Gasteiger partial charge in [-0.15, -0.1) is 0 Å². The van der Waals surface area contributed by atoms with E-state index in [1.165, 1.54) is 13.8 Å². The number of carbonyl (C=O) groups is 1. The quantitative estimate of drug-likeness (QED) is 0.875. The minimum atomic E-state index is -3.63. The molecule has 1 aromatic rings. The second-order valence-electron chi connectivity index (χ2n) is 4.78. The summed E-state index contributed by atoms with van der Waals surface area (Å²) in [4.78, 5) is 11.7. The van der Waals surface area contributed by atoms with E-state index >= 15 is 0 Å². The summed E-state index contributed by atoms with van der Waals surface area (Å²) in [6.07, 6.45) is -0.999. The van der Waals surface area contributed by atoms with Gasteiger partial charge in [-0.05, 0) is 19.4 Å². The summed E-state index contributed by atoms with van der Waals surface area (Å²) in [5.74, 6) is -0.475. The summed E-state index contributed by atoms with van der Waals surface area (Å²) in [6, 6.07) is 8.66. The van der Waals surface area contributed by atoms with Crippen LogP contribution in [0.1, 0.15) is 25.5 Å². The maximum Gasteiger partial charge on any atom is 0.258 e. The molecule has 1 unspecified atom stereocenters. The van der Waals surface area contributed by atoms with Gasteiger partial charge in [-0.25, -0.2) is 12.7 Å². The van der Waals surface area contributed by atoms with Crippen LogP contribution in [0.3, 0.4) is 0 Å². The molecule has 0 aromatic heterocycles. The Morgan fingerprint density at radius 2 is 1.83 bits per heavy atom. The van der Waals surface area contributed by atoms with Crippen molar-refractivity contribution in [1.82, 2.24) is 4.31 Å². The molecule has 1 amide bonds. The third kappa shape index (κ3) is 1.72. The van der Waals surface area contributed by atoms with E-state index in [2.05, 4.69) is 0 Å². The number of hydrogen-bond acceptors (Lipinski definition) is 4. The Kier molecular flexibility index (Phi) is 2.95. The average molecular weight is 269 g/mol. The molecule has 1 saturated heterocycles. The zero-order chi connectivity index (χ0) is 13.6. The van der Waals surface area contributed by atoms with Crippen LogP contribution in [0.25, 0.3) is 0 Å². The summed E-state index contributed by atoms with van der Waals surface area (Å²) in [5.41, 5.74) is 0.588. The number of hydrogen-bond donors (Lipinski definition) is 1. The monoisotopic (exact) mass is 269 g/mol. The molecule has 1 heterocycles. The van der Waals surface area contributed by atoms with Crippen molar-refractivity contribution >= 4 is 15.9 Å². The molecule has 6 heteroatoms. The highest BCUT2D eigenvalue weighted by Gasteiger charge is 2.60. The standard InChI is InChI=1S/C12H15NO4S/c1-12(2)11(15)13(18(12,16)17)8-10(14)9-6-4-3-5-7-9/h3-7,10,14H,8H2,1-2H3. The van der Waals surface area contributed by atoms with E-state index in [9.17, 15) is 18.3 Å². The highest BCUT2D eigenvalue weighted by atomic mass is 32.2. The first-order valence-corrected chi connectivity index (χ1v) is 7.02. The maximum absolute atomic E-state index is 11.8. The van der Waals surface area contributed by atoms with E-state index in [4.69, 9.17) is 0 Å². The number of rotatable bonds is 3. The molecule has 1 fully saturated rings. The average Bonchev–Trinajstić information content (AvgIpc) is 2.35. The fourth-order valence-electron chi connectivity index (χ4n) is 1.87. The Labute approximate surface area is 106 Å². The molecular formula is C12H15NO4S. The van der Waals surface area contributed by atoms with Crippen LogP contribution in [0.2, 0.25) is 0 Å². The van der Waals surface area contributed by atoms with Crippen LogP contribution in [0.4, 0.5) is 0 Å². The van der Waals surface area contributed by atoms with Crippen LogP contribution in [-0.4, -0.2) is 35.0 Å². The lowest BCUT2D eigenvalue weighted by atomic mass is 10.1. The Morgan fingerprint density at radius 1 is 1.28 bits per heavy atom. The van der Waals surface area contributed by atoms with Gasteiger partial charge in [-0.1, -0.05) is 30.3 Å². The van der Waals surface area contributed by atoms with Gasteiger partial charge >= 0.3 is 0 Å². The molecule has 1 aliphatic rings. The SMILES string of the molecule is CC1(C)C(=O)N(CC(O)c2ccccc2)S1(=O)=O. The molecule has 1 N–H and O–H groups in total. The number of aliphatic hydroxyl groups excluding tert-OH is 1. The van der Waals surface area contributed by atoms with Crippen LogP contribution in [0.5, 0.6) is 0 Å². The molecule has 18 heavy (non-hydrogen) atoms. The van der Waals surface area contributed by atoms with Crippen LogP contribution in [0, 0.1) is 0 Å². The number of amides is 1. The Morgan fingerprint density at radius 3 is 2.33 bits per heavy atom. The summed E-state index contributed by atoms with van der Waals surface area (Å²) in [6.45, 7) is 2.51. The van der Waals surface area contributed by atoms with Gasteiger partial charge in [0.1, 0.15) is 0 Å². The van der Waals surface area contributed by atoms with Crippen molar-refractivity contribution in [2.75, 3.05) is 6.54 Å². The molecule has 0 aliphatic carbocycles. The van der Waals surface area contributed by atoms with Crippen molar-refractivity contribution in [1.29, 1.82) is 0 Å². The molecule has 0 bridgehead atoms. The van der Waals surface area contributed by atoms with Gasteiger partial charge in [0.05, 0.1) is 12.6 Å². The number of β-amino-alcohol motifs (C(OH)–C–C–N with tert-alkyl or cyclic N) is 1. The normalized spacial score (nSPS) is 22.4. The van der Waals surface area contributed by atoms with Gasteiger partial charge in [0, 0.05) is 0 Å². The predicted octanol–water partition coefficient (Wildman–Crippen LogP) is 0.671. The van der Waals surface area contributed by atoms with E-state index in [1.54, 1.807) is 30.3 Å². The third-order valence-electron chi connectivity index (χ3n) is 3.20. The second-order valence-corrected chi connectivity index (χ2v) is 7.19. The largest absolute Gasteiger partial charge is 0.387 e. The van der Waals surface area contributed by atoms with Crippen molar-refractivity contribution in [3.8, 4) is 0 Å². The summed E-state index contributed by atoms with van der Waals surface area (Å²) in [5, 5.41) is 9.92. The van der Waals surface area contributed by atoms with Crippen molar-refractivity contribution in [2.45, 2.75) is 24.7 Å². The summed E-state index contributed by atoms with van der Waals surface area (Å²) >= 11 is 0. The van der Waals surface area contributed by atoms with Crippen molar-refractivity contribution in [3.63, 3.8) is 0 Å². The predicted molar refractivity (Wildman–Crippen MR) is 66.1 cm³/mol. The topological polar surface area (TPSA) is 74.7 Å². The van der Waals surface area contributed by atoms with Crippen LogP contribution in [0.15, 0.2) is 30.3 Å². The van der Waals surface area contributed by atoms with Gasteiger partial charge < -0.3 is 5.11 Å². The van der Waals surface area contributed by atoms with E-state index in [0.29, 0.717) is 5.56 Å². The van der Waals surface area contributed by atoms with Crippen LogP contribution >= 0.6 is 0 Å². The molecule has 0 saturated carbocycles. The number of carbonyl (C=O) groups excluding carboxylic acids is 1. The molecule has 98 valence electrons. The highest BCUT2D eigenvalue weighted by molar-refractivity contribution is 7.94. The lowest BCUT2D eigenvalue weighted by Gasteiger charge is -2.43. The minimum absolute atomic E-state index is 0.228. The minimum Gasteiger partial charge on any atom is -0.387 e. The number of aliphatic hydroxyl groups is 1. The van der Waals surface area contributed by atoms with Gasteiger partial charge in [0.25, 0.3) is 15.9 Å². The summed E-state index contributed by atoms with van der Waals surface area (Å²) in [7, 11) is -3.63. The first kappa shape index (κ1) is 13.0. The van der Waals surface area contributed by atoms with Gasteiger partial charge in [0.2, 0.25) is 0 Å². The number of nitrogens with zero attached hydrogens (tertiary/aromatic N) is 1. The molecular weight excluding hydrogens is 254 g/mol. The fraction of sp³-hybridized carbons (Fsp3) is 0.417. The smallest absolute Gasteiger partial charge is 0.258 e. The first-order chi connectivity index (χ1) is 8.28. The molecule has 5 nitrogen and oxygen atoms in total. The molecule has 1 aromatic carbocycles. The molecule has 0 radical (unpaired) electrons. The fourth-order valence-corrected chi connectivity index (χ4v) is 3.41. The van der Waals surface area contributed by atoms with Crippen LogP contribution < -0.4 is 0 Å². The van der Waals surface area contributed by atoms with Gasteiger partial charge in [0.15, 0.2) is 4.75 Å². The lowest BCUT2D eigenvalue weighted by molar-refractivity contribution is -0.133. The van der Waals surface area contributed by atoms with E-state index < -0.39 is 26.8 Å². The summed E-state index contributed by atoms with van der Waals surface area (Å²) < 4.78 is 23.1. The molecule has 0 spiro atoms. The van der Waals surface area contributed by atoms with Crippen molar-refractivity contribution < 1.29 is 18.3 Å². The highest BCUT2D eigenvalue weighted by Crippen LogP contribution is 2.36. The van der Waals surface area contributed by atoms with Crippen LogP contribution in [-0.2, 0) is 14.8 Å². The third-order valence-corrected chi connectivity index (χ3v) is 5.56. The molecule has 1 atom stereocenters. The van der Waals surface area contributed by atoms with Crippen molar-refractivity contribution in [3.05, 3.63) is 35.9 Å². The van der Waals surface area contributed by atoms with Crippen molar-refractivity contribution in [2.24, 2.45) is 0 Å². The second kappa shape index (κ2) is 4.07. The molecule has 1 aliphatic heterocycles. The zero-order valence-electron chi connectivity index (χ0n) is 10.2. The number of benzene rings is 1. The van der Waals surface area contributed by atoms with E-state index in [-0.39, 0.29) is 6.54 Å². The Hall–Kier alpha value is -1.40. The Balaban J connectivity index is 2.16. The zero-order valence-corrected chi connectivity index (χ0v) is 11.0. The van der Waals surface area contributed by atoms with Gasteiger partial charge in [-0.2, -0.15) is 0 Å². The number of sulfonamides is 1. The lowest BCUT2D eigenvalue weighted by Crippen LogP contribution is -2.67. The maximum atomic E-state index is 11.8. The Bertz CT molecular complexity index is 565. The van der Waals surface area contributed by atoms with E-state index in [0.717, 1.165) is 4.31 Å². The first-order valence-electron chi connectivity index (χ1n) is 5.58. The molecule has 2 rings (SSSR count). The van der Waals surface area contributed by atoms with Gasteiger partial charge in [-0.3, -0.25) is 4.79 Å². The van der Waals surface area contributed by atoms with E-state index in [1.807, 2.05) is 0 Å².